The van der Waals surface area contributed by atoms with Gasteiger partial charge in [0.25, 0.3) is 0 Å². The molecule has 1 aromatic rings. The van der Waals surface area contributed by atoms with E-state index in [9.17, 15) is 4.39 Å². The van der Waals surface area contributed by atoms with E-state index in [1.54, 1.807) is 6.07 Å². The summed E-state index contributed by atoms with van der Waals surface area (Å²) in [7, 11) is 1.51. The van der Waals surface area contributed by atoms with Crippen LogP contribution in [-0.4, -0.2) is 37.7 Å². The van der Waals surface area contributed by atoms with Gasteiger partial charge >= 0.3 is 0 Å². The van der Waals surface area contributed by atoms with E-state index >= 15 is 0 Å². The third-order valence-electron chi connectivity index (χ3n) is 4.77. The number of nitrogens with zero attached hydrogens (tertiary/aromatic N) is 1. The van der Waals surface area contributed by atoms with Gasteiger partial charge in [0.05, 0.1) is 7.11 Å². The highest BCUT2D eigenvalue weighted by molar-refractivity contribution is 5.31. The monoisotopic (exact) mass is 292 g/mol. The molecule has 1 aromatic carbocycles. The Morgan fingerprint density at radius 3 is 2.90 bits per heavy atom. The molecule has 2 unspecified atom stereocenters. The van der Waals surface area contributed by atoms with Gasteiger partial charge in [-0.25, -0.2) is 4.39 Å². The van der Waals surface area contributed by atoms with E-state index in [4.69, 9.17) is 4.74 Å². The Morgan fingerprint density at radius 2 is 2.19 bits per heavy atom. The average Bonchev–Trinajstić information content (AvgIpc) is 3.24. The Bertz CT molecular complexity index is 490. The Labute approximate surface area is 126 Å². The number of likely N-dealkylation sites (tertiary alicyclic amines) is 1. The SMILES string of the molecule is COc1cc(C(C)NCC2CCN(C3CC3)C2)ccc1F. The van der Waals surface area contributed by atoms with Gasteiger partial charge in [-0.05, 0) is 62.9 Å². The summed E-state index contributed by atoms with van der Waals surface area (Å²) in [6.07, 6.45) is 4.08. The number of benzene rings is 1. The van der Waals surface area contributed by atoms with E-state index in [0.717, 1.165) is 24.1 Å². The van der Waals surface area contributed by atoms with Gasteiger partial charge in [0.1, 0.15) is 0 Å². The predicted octanol–water partition coefficient (Wildman–Crippen LogP) is 2.97. The normalized spacial score (nSPS) is 24.2. The fourth-order valence-corrected chi connectivity index (χ4v) is 3.21. The fraction of sp³-hybridized carbons (Fsp3) is 0.647. The van der Waals surface area contributed by atoms with Crippen molar-refractivity contribution in [3.8, 4) is 5.75 Å². The van der Waals surface area contributed by atoms with Gasteiger partial charge in [-0.1, -0.05) is 6.07 Å². The Balaban J connectivity index is 1.50. The van der Waals surface area contributed by atoms with Crippen molar-refractivity contribution in [2.24, 2.45) is 5.92 Å². The zero-order valence-electron chi connectivity index (χ0n) is 12.9. The fourth-order valence-electron chi connectivity index (χ4n) is 3.21. The third-order valence-corrected chi connectivity index (χ3v) is 4.77. The average molecular weight is 292 g/mol. The van der Waals surface area contributed by atoms with Crippen LogP contribution in [-0.2, 0) is 0 Å². The highest BCUT2D eigenvalue weighted by Gasteiger charge is 2.34. The summed E-state index contributed by atoms with van der Waals surface area (Å²) in [6, 6.07) is 6.21. The van der Waals surface area contributed by atoms with E-state index in [0.29, 0.717) is 5.75 Å². The lowest BCUT2D eigenvalue weighted by molar-refractivity contribution is 0.310. The van der Waals surface area contributed by atoms with E-state index < -0.39 is 0 Å². The highest BCUT2D eigenvalue weighted by atomic mass is 19.1. The second-order valence-electron chi connectivity index (χ2n) is 6.40. The molecule has 1 aliphatic carbocycles. The second kappa shape index (κ2) is 6.32. The quantitative estimate of drug-likeness (QED) is 0.872. The molecule has 1 N–H and O–H groups in total. The van der Waals surface area contributed by atoms with Crippen molar-refractivity contribution in [1.29, 1.82) is 0 Å². The van der Waals surface area contributed by atoms with Gasteiger partial charge in [-0.2, -0.15) is 0 Å². The molecule has 2 fully saturated rings. The number of hydrogen-bond acceptors (Lipinski definition) is 3. The maximum absolute atomic E-state index is 13.4. The third kappa shape index (κ3) is 3.55. The summed E-state index contributed by atoms with van der Waals surface area (Å²) < 4.78 is 18.5. The molecule has 1 aliphatic heterocycles. The van der Waals surface area contributed by atoms with E-state index in [1.807, 2.05) is 6.07 Å². The molecule has 21 heavy (non-hydrogen) atoms. The molecule has 2 atom stereocenters. The maximum Gasteiger partial charge on any atom is 0.165 e. The van der Waals surface area contributed by atoms with Crippen LogP contribution in [0.2, 0.25) is 0 Å². The molecule has 0 aromatic heterocycles. The lowest BCUT2D eigenvalue weighted by Crippen LogP contribution is -2.29. The van der Waals surface area contributed by atoms with Crippen LogP contribution in [0.4, 0.5) is 4.39 Å². The zero-order valence-corrected chi connectivity index (χ0v) is 12.9. The summed E-state index contributed by atoms with van der Waals surface area (Å²) in [5.74, 6) is 0.765. The molecule has 0 bridgehead atoms. The second-order valence-corrected chi connectivity index (χ2v) is 6.40. The van der Waals surface area contributed by atoms with Crippen LogP contribution in [0.15, 0.2) is 18.2 Å². The summed E-state index contributed by atoms with van der Waals surface area (Å²) >= 11 is 0. The van der Waals surface area contributed by atoms with Crippen molar-refractivity contribution in [2.45, 2.75) is 38.3 Å². The Morgan fingerprint density at radius 1 is 1.38 bits per heavy atom. The van der Waals surface area contributed by atoms with Crippen LogP contribution < -0.4 is 10.1 Å². The smallest absolute Gasteiger partial charge is 0.165 e. The first-order valence-electron chi connectivity index (χ1n) is 7.98. The van der Waals surface area contributed by atoms with Crippen molar-refractivity contribution in [3.63, 3.8) is 0 Å². The number of hydrogen-bond donors (Lipinski definition) is 1. The van der Waals surface area contributed by atoms with E-state index in [1.165, 1.54) is 45.5 Å². The standard InChI is InChI=1S/C17H25FN2O/c1-12(14-3-6-16(18)17(9-14)21-2)19-10-13-7-8-20(11-13)15-4-5-15/h3,6,9,12-13,15,19H,4-5,7-8,10-11H2,1-2H3. The van der Waals surface area contributed by atoms with Crippen molar-refractivity contribution in [1.82, 2.24) is 10.2 Å². The first-order valence-corrected chi connectivity index (χ1v) is 7.98. The van der Waals surface area contributed by atoms with Crippen molar-refractivity contribution in [3.05, 3.63) is 29.6 Å². The van der Waals surface area contributed by atoms with Crippen LogP contribution in [0.3, 0.4) is 0 Å². The molecular formula is C17H25FN2O. The molecule has 1 saturated heterocycles. The molecule has 116 valence electrons. The summed E-state index contributed by atoms with van der Waals surface area (Å²) in [5.41, 5.74) is 1.07. The van der Waals surface area contributed by atoms with Gasteiger partial charge in [0.15, 0.2) is 11.6 Å². The molecule has 1 heterocycles. The predicted molar refractivity (Wildman–Crippen MR) is 82.1 cm³/mol. The molecule has 3 nitrogen and oxygen atoms in total. The van der Waals surface area contributed by atoms with Gasteiger partial charge in [0.2, 0.25) is 0 Å². The molecule has 3 rings (SSSR count). The zero-order chi connectivity index (χ0) is 14.8. The first kappa shape index (κ1) is 14.8. The Kier molecular flexibility index (Phi) is 4.45. The molecule has 4 heteroatoms. The van der Waals surface area contributed by atoms with Crippen molar-refractivity contribution < 1.29 is 9.13 Å². The lowest BCUT2D eigenvalue weighted by atomic mass is 10.1. The molecular weight excluding hydrogens is 267 g/mol. The first-order chi connectivity index (χ1) is 10.2. The number of methoxy groups -OCH3 is 1. The van der Waals surface area contributed by atoms with Gasteiger partial charge < -0.3 is 15.0 Å². The maximum atomic E-state index is 13.4. The minimum atomic E-state index is -0.302. The van der Waals surface area contributed by atoms with Gasteiger partial charge in [-0.15, -0.1) is 0 Å². The van der Waals surface area contributed by atoms with Crippen LogP contribution in [0.5, 0.6) is 5.75 Å². The van der Waals surface area contributed by atoms with E-state index in [-0.39, 0.29) is 11.9 Å². The summed E-state index contributed by atoms with van der Waals surface area (Å²) in [6.45, 7) is 5.65. The van der Waals surface area contributed by atoms with E-state index in [2.05, 4.69) is 17.1 Å². The molecule has 2 aliphatic rings. The Hall–Kier alpha value is -1.13. The van der Waals surface area contributed by atoms with Crippen LogP contribution in [0.25, 0.3) is 0 Å². The van der Waals surface area contributed by atoms with Crippen LogP contribution in [0.1, 0.15) is 37.8 Å². The molecule has 1 saturated carbocycles. The number of ether oxygens (including phenoxy) is 1. The topological polar surface area (TPSA) is 24.5 Å². The number of nitrogens with one attached hydrogen (secondary N) is 1. The minimum Gasteiger partial charge on any atom is -0.494 e. The van der Waals surface area contributed by atoms with Crippen LogP contribution in [0, 0.1) is 11.7 Å². The summed E-state index contributed by atoms with van der Waals surface area (Å²) in [4.78, 5) is 2.64. The lowest BCUT2D eigenvalue weighted by Gasteiger charge is -2.19. The number of rotatable bonds is 6. The van der Waals surface area contributed by atoms with Crippen molar-refractivity contribution in [2.75, 3.05) is 26.7 Å². The molecule has 0 amide bonds. The molecule has 0 spiro atoms. The van der Waals surface area contributed by atoms with Gasteiger partial charge in [-0.3, -0.25) is 0 Å². The summed E-state index contributed by atoms with van der Waals surface area (Å²) in [5, 5.41) is 3.59. The highest BCUT2D eigenvalue weighted by Crippen LogP contribution is 2.31. The molecule has 0 radical (unpaired) electrons. The van der Waals surface area contributed by atoms with Crippen molar-refractivity contribution >= 4 is 0 Å². The van der Waals surface area contributed by atoms with Crippen LogP contribution >= 0.6 is 0 Å². The largest absolute Gasteiger partial charge is 0.494 e. The number of halogens is 1. The van der Waals surface area contributed by atoms with Gasteiger partial charge in [0, 0.05) is 18.6 Å². The minimum absolute atomic E-state index is 0.217.